The first-order chi connectivity index (χ1) is 11.0. The lowest BCUT2D eigenvalue weighted by Crippen LogP contribution is -2.37. The zero-order valence-electron chi connectivity index (χ0n) is 12.2. The fraction of sp³-hybridized carbons (Fsp3) is 0.267. The molecule has 1 amide bonds. The summed E-state index contributed by atoms with van der Waals surface area (Å²) >= 11 is 1.29. The summed E-state index contributed by atoms with van der Waals surface area (Å²) in [5.74, 6) is -1.92. The largest absolute Gasteiger partial charge is 0.323 e. The monoisotopic (exact) mass is 337 g/mol. The Hall–Kier alpha value is -2.22. The molecule has 0 bridgehead atoms. The first kappa shape index (κ1) is 15.7. The number of benzene rings is 1. The third-order valence-corrected chi connectivity index (χ3v) is 4.71. The van der Waals surface area contributed by atoms with Gasteiger partial charge < -0.3 is 5.32 Å². The Kier molecular flexibility index (Phi) is 4.16. The molecule has 0 saturated heterocycles. The van der Waals surface area contributed by atoms with Crippen molar-refractivity contribution in [3.05, 3.63) is 51.9 Å². The van der Waals surface area contributed by atoms with Gasteiger partial charge >= 0.3 is 0 Å². The van der Waals surface area contributed by atoms with Crippen LogP contribution >= 0.6 is 11.8 Å². The molecule has 120 valence electrons. The number of aromatic nitrogens is 2. The van der Waals surface area contributed by atoms with Crippen molar-refractivity contribution < 1.29 is 13.6 Å². The summed E-state index contributed by atoms with van der Waals surface area (Å²) < 4.78 is 28.2. The number of carbonyl (C=O) groups excluding carboxylic acids is 1. The second kappa shape index (κ2) is 6.11. The van der Waals surface area contributed by atoms with Crippen LogP contribution in [0.5, 0.6) is 0 Å². The normalized spacial score (nSPS) is 16.7. The highest BCUT2D eigenvalue weighted by molar-refractivity contribution is 7.99. The number of carbonyl (C=O) groups is 1. The summed E-state index contributed by atoms with van der Waals surface area (Å²) in [5.41, 5.74) is 0.0871. The molecule has 1 aromatic heterocycles. The van der Waals surface area contributed by atoms with Gasteiger partial charge in [-0.15, -0.1) is 0 Å². The first-order valence-electron chi connectivity index (χ1n) is 6.91. The van der Waals surface area contributed by atoms with Crippen LogP contribution in [-0.2, 0) is 11.3 Å². The standard InChI is InChI=1S/C15H13F2N3O2S/c1-8-5-18-15-20(14(8)22)6-9(7-23-15)13(21)19-12-4-10(16)2-3-11(12)17/h2-5,9H,6-7H2,1H3,(H,19,21)/t9-/m0/s1. The molecular weight excluding hydrogens is 324 g/mol. The van der Waals surface area contributed by atoms with E-state index in [1.54, 1.807) is 6.92 Å². The molecule has 0 saturated carbocycles. The third kappa shape index (κ3) is 3.12. The van der Waals surface area contributed by atoms with E-state index < -0.39 is 23.5 Å². The van der Waals surface area contributed by atoms with Crippen molar-refractivity contribution >= 4 is 23.4 Å². The molecule has 0 radical (unpaired) electrons. The van der Waals surface area contributed by atoms with E-state index in [1.165, 1.54) is 22.5 Å². The molecule has 0 aliphatic carbocycles. The van der Waals surface area contributed by atoms with Gasteiger partial charge in [-0.3, -0.25) is 14.2 Å². The van der Waals surface area contributed by atoms with Gasteiger partial charge in [0.25, 0.3) is 5.56 Å². The van der Waals surface area contributed by atoms with Gasteiger partial charge in [-0.05, 0) is 19.1 Å². The predicted octanol–water partition coefficient (Wildman–Crippen LogP) is 2.19. The number of rotatable bonds is 2. The summed E-state index contributed by atoms with van der Waals surface area (Å²) in [6.07, 6.45) is 1.50. The molecule has 1 aliphatic heterocycles. The Morgan fingerprint density at radius 3 is 3.00 bits per heavy atom. The lowest BCUT2D eigenvalue weighted by molar-refractivity contribution is -0.119. The third-order valence-electron chi connectivity index (χ3n) is 3.56. The Labute approximate surface area is 134 Å². The molecule has 2 aromatic rings. The number of fused-ring (bicyclic) bond motifs is 1. The molecule has 3 rings (SSSR count). The summed E-state index contributed by atoms with van der Waals surface area (Å²) in [7, 11) is 0. The second-order valence-electron chi connectivity index (χ2n) is 5.26. The molecule has 1 N–H and O–H groups in total. The highest BCUT2D eigenvalue weighted by Crippen LogP contribution is 2.26. The molecule has 0 unspecified atom stereocenters. The second-order valence-corrected chi connectivity index (χ2v) is 6.25. The van der Waals surface area contributed by atoms with Crippen molar-refractivity contribution in [2.75, 3.05) is 11.1 Å². The van der Waals surface area contributed by atoms with Gasteiger partial charge in [-0.25, -0.2) is 13.8 Å². The number of nitrogens with zero attached hydrogens (tertiary/aromatic N) is 2. The zero-order valence-corrected chi connectivity index (χ0v) is 13.0. The SMILES string of the molecule is Cc1cnc2n(c1=O)C[C@H](C(=O)Nc1cc(F)ccc1F)CS2. The van der Waals surface area contributed by atoms with E-state index in [0.29, 0.717) is 16.5 Å². The van der Waals surface area contributed by atoms with Gasteiger partial charge in [0.15, 0.2) is 5.16 Å². The van der Waals surface area contributed by atoms with Crippen LogP contribution in [0, 0.1) is 24.5 Å². The predicted molar refractivity (Wildman–Crippen MR) is 82.4 cm³/mol. The maximum absolute atomic E-state index is 13.6. The molecule has 8 heteroatoms. The summed E-state index contributed by atoms with van der Waals surface area (Å²) in [6, 6.07) is 2.86. The molecule has 1 aromatic carbocycles. The number of hydrogen-bond acceptors (Lipinski definition) is 4. The maximum atomic E-state index is 13.6. The molecule has 0 fully saturated rings. The molecule has 1 aliphatic rings. The van der Waals surface area contributed by atoms with Crippen molar-refractivity contribution in [1.29, 1.82) is 0 Å². The number of thioether (sulfide) groups is 1. The molecule has 0 spiro atoms. The van der Waals surface area contributed by atoms with Crippen molar-refractivity contribution in [2.24, 2.45) is 5.92 Å². The topological polar surface area (TPSA) is 64.0 Å². The van der Waals surface area contributed by atoms with E-state index in [9.17, 15) is 18.4 Å². The minimum atomic E-state index is -0.710. The number of halogens is 2. The van der Waals surface area contributed by atoms with Crippen molar-refractivity contribution in [3.8, 4) is 0 Å². The van der Waals surface area contributed by atoms with E-state index in [4.69, 9.17) is 0 Å². The van der Waals surface area contributed by atoms with Gasteiger partial charge in [-0.2, -0.15) is 0 Å². The lowest BCUT2D eigenvalue weighted by atomic mass is 10.1. The van der Waals surface area contributed by atoms with Crippen LogP contribution in [0.1, 0.15) is 5.56 Å². The van der Waals surface area contributed by atoms with Crippen LogP contribution < -0.4 is 10.9 Å². The summed E-state index contributed by atoms with van der Waals surface area (Å²) in [4.78, 5) is 28.6. The fourth-order valence-electron chi connectivity index (χ4n) is 2.29. The smallest absolute Gasteiger partial charge is 0.257 e. The Morgan fingerprint density at radius 2 is 2.22 bits per heavy atom. The van der Waals surface area contributed by atoms with Gasteiger partial charge in [0.2, 0.25) is 5.91 Å². The molecule has 2 heterocycles. The van der Waals surface area contributed by atoms with E-state index in [0.717, 1.165) is 18.2 Å². The van der Waals surface area contributed by atoms with E-state index in [2.05, 4.69) is 10.3 Å². The van der Waals surface area contributed by atoms with Crippen LogP contribution in [0.15, 0.2) is 34.3 Å². The minimum Gasteiger partial charge on any atom is -0.323 e. The van der Waals surface area contributed by atoms with Crippen LogP contribution in [-0.4, -0.2) is 21.2 Å². The molecule has 5 nitrogen and oxygen atoms in total. The molecule has 23 heavy (non-hydrogen) atoms. The zero-order chi connectivity index (χ0) is 16.6. The van der Waals surface area contributed by atoms with Gasteiger partial charge in [0, 0.05) is 30.1 Å². The maximum Gasteiger partial charge on any atom is 0.257 e. The average Bonchev–Trinajstić information content (AvgIpc) is 2.54. The van der Waals surface area contributed by atoms with Gasteiger partial charge in [-0.1, -0.05) is 11.8 Å². The van der Waals surface area contributed by atoms with Crippen LogP contribution in [0.2, 0.25) is 0 Å². The average molecular weight is 337 g/mol. The summed E-state index contributed by atoms with van der Waals surface area (Å²) in [5, 5.41) is 2.94. The van der Waals surface area contributed by atoms with Gasteiger partial charge in [0.05, 0.1) is 11.6 Å². The first-order valence-corrected chi connectivity index (χ1v) is 7.89. The number of aryl methyl sites for hydroxylation is 1. The Bertz CT molecular complexity index is 838. The highest BCUT2D eigenvalue weighted by atomic mass is 32.2. The van der Waals surface area contributed by atoms with Crippen LogP contribution in [0.25, 0.3) is 0 Å². The van der Waals surface area contributed by atoms with Crippen LogP contribution in [0.4, 0.5) is 14.5 Å². The van der Waals surface area contributed by atoms with Crippen molar-refractivity contribution in [3.63, 3.8) is 0 Å². The lowest BCUT2D eigenvalue weighted by Gasteiger charge is -2.24. The van der Waals surface area contributed by atoms with Gasteiger partial charge in [0.1, 0.15) is 11.6 Å². The number of anilines is 1. The highest BCUT2D eigenvalue weighted by Gasteiger charge is 2.27. The quantitative estimate of drug-likeness (QED) is 0.853. The van der Waals surface area contributed by atoms with E-state index in [1.807, 2.05) is 0 Å². The number of amides is 1. The molecular formula is C15H13F2N3O2S. The fourth-order valence-corrected chi connectivity index (χ4v) is 3.34. The molecule has 1 atom stereocenters. The van der Waals surface area contributed by atoms with Crippen molar-refractivity contribution in [1.82, 2.24) is 9.55 Å². The van der Waals surface area contributed by atoms with E-state index >= 15 is 0 Å². The minimum absolute atomic E-state index is 0.165. The Balaban J connectivity index is 1.80. The Morgan fingerprint density at radius 1 is 1.43 bits per heavy atom. The summed E-state index contributed by atoms with van der Waals surface area (Å²) in [6.45, 7) is 1.82. The van der Waals surface area contributed by atoms with Crippen LogP contribution in [0.3, 0.4) is 0 Å². The number of hydrogen-bond donors (Lipinski definition) is 1. The number of nitrogens with one attached hydrogen (secondary N) is 1. The van der Waals surface area contributed by atoms with E-state index in [-0.39, 0.29) is 17.8 Å². The van der Waals surface area contributed by atoms with Crippen molar-refractivity contribution in [2.45, 2.75) is 18.6 Å².